The monoisotopic (exact) mass is 704 g/mol. The molecule has 52 heavy (non-hydrogen) atoms. The Morgan fingerprint density at radius 2 is 1.58 bits per heavy atom. The van der Waals surface area contributed by atoms with Gasteiger partial charge in [0.1, 0.15) is 11.5 Å². The molecule has 5 aliphatic heterocycles. The number of aliphatic hydroxyl groups excluding tert-OH is 1. The first-order valence-electron chi connectivity index (χ1n) is 19.2. The van der Waals surface area contributed by atoms with Gasteiger partial charge in [-0.3, -0.25) is 19.4 Å². The van der Waals surface area contributed by atoms with E-state index in [4.69, 9.17) is 9.47 Å². The summed E-state index contributed by atoms with van der Waals surface area (Å²) in [6.45, 7) is 4.10. The van der Waals surface area contributed by atoms with Crippen molar-refractivity contribution in [2.75, 3.05) is 34.4 Å². The van der Waals surface area contributed by atoms with Crippen LogP contribution in [0.15, 0.2) is 48.2 Å². The van der Waals surface area contributed by atoms with Gasteiger partial charge in [0.2, 0.25) is 0 Å². The van der Waals surface area contributed by atoms with Crippen LogP contribution in [0.1, 0.15) is 66.9 Å². The van der Waals surface area contributed by atoms with Gasteiger partial charge in [-0.2, -0.15) is 0 Å². The summed E-state index contributed by atoms with van der Waals surface area (Å²) in [4.78, 5) is 31.5. The van der Waals surface area contributed by atoms with Crippen LogP contribution in [0.3, 0.4) is 0 Å². The van der Waals surface area contributed by atoms with Crippen molar-refractivity contribution in [2.45, 2.75) is 70.1 Å². The largest absolute Gasteiger partial charge is 0.500 e. The molecule has 0 spiro atoms. The summed E-state index contributed by atoms with van der Waals surface area (Å²) in [5.74, 6) is 1.31. The number of allylic oxidation sites excluding steroid dienone is 1. The van der Waals surface area contributed by atoms with E-state index in [2.05, 4.69) is 83.5 Å². The number of hydrogen-bond acceptors (Lipinski definition) is 7. The number of piperidine rings is 2. The second-order valence-corrected chi connectivity index (χ2v) is 16.6. The van der Waals surface area contributed by atoms with Gasteiger partial charge < -0.3 is 23.7 Å². The van der Waals surface area contributed by atoms with Crippen molar-refractivity contribution in [2.24, 2.45) is 43.7 Å². The fraction of sp³-hybridized carbons (Fsp3) is 0.535. The molecule has 2 aromatic carbocycles. The topological polar surface area (TPSA) is 89.2 Å². The van der Waals surface area contributed by atoms with Gasteiger partial charge in [-0.15, -0.1) is 0 Å². The van der Waals surface area contributed by atoms with Crippen LogP contribution in [0.2, 0.25) is 0 Å². The van der Waals surface area contributed by atoms with E-state index in [1.807, 2.05) is 0 Å². The molecule has 9 unspecified atom stereocenters. The molecular weight excluding hydrogens is 652 g/mol. The maximum absolute atomic E-state index is 13.8. The normalized spacial score (nSPS) is 30.3. The van der Waals surface area contributed by atoms with Gasteiger partial charge in [0.25, 0.3) is 0 Å². The molecule has 0 aliphatic carbocycles. The summed E-state index contributed by atoms with van der Waals surface area (Å²) in [6.07, 6.45) is 5.75. The average Bonchev–Trinajstić information content (AvgIpc) is 3.55. The molecule has 274 valence electrons. The number of hydrogen-bond donors (Lipinski definition) is 1. The van der Waals surface area contributed by atoms with Crippen LogP contribution >= 0.6 is 0 Å². The lowest BCUT2D eigenvalue weighted by Crippen LogP contribution is -2.56. The van der Waals surface area contributed by atoms with Gasteiger partial charge in [-0.25, -0.2) is 0 Å². The van der Waals surface area contributed by atoms with Crippen LogP contribution in [0, 0.1) is 29.6 Å². The second-order valence-electron chi connectivity index (χ2n) is 16.6. The predicted octanol–water partition coefficient (Wildman–Crippen LogP) is 5.69. The van der Waals surface area contributed by atoms with Crippen LogP contribution in [0.5, 0.6) is 5.75 Å². The molecule has 9 heteroatoms. The minimum Gasteiger partial charge on any atom is -0.500 e. The first-order valence-corrected chi connectivity index (χ1v) is 19.2. The van der Waals surface area contributed by atoms with Crippen molar-refractivity contribution in [3.05, 3.63) is 76.3 Å². The molecule has 2 saturated heterocycles. The van der Waals surface area contributed by atoms with Gasteiger partial charge in [0.15, 0.2) is 5.78 Å². The zero-order chi connectivity index (χ0) is 36.3. The summed E-state index contributed by atoms with van der Waals surface area (Å²) in [7, 11) is 10.5. The van der Waals surface area contributed by atoms with Crippen LogP contribution < -0.4 is 4.74 Å². The lowest BCUT2D eigenvalue weighted by atomic mass is 9.64. The minimum atomic E-state index is -0.250. The number of aliphatic hydroxyl groups is 1. The highest BCUT2D eigenvalue weighted by Gasteiger charge is 2.52. The molecule has 4 bridgehead atoms. The first-order chi connectivity index (χ1) is 25.0. The van der Waals surface area contributed by atoms with Crippen molar-refractivity contribution < 1.29 is 24.2 Å². The van der Waals surface area contributed by atoms with Gasteiger partial charge in [-0.1, -0.05) is 18.2 Å². The summed E-state index contributed by atoms with van der Waals surface area (Å²) in [6, 6.07) is 13.9. The lowest BCUT2D eigenvalue weighted by Gasteiger charge is -2.53. The third kappa shape index (κ3) is 4.70. The summed E-state index contributed by atoms with van der Waals surface area (Å²) >= 11 is 0. The van der Waals surface area contributed by atoms with Crippen LogP contribution in [0.25, 0.3) is 21.8 Å². The Labute approximate surface area is 306 Å². The second kappa shape index (κ2) is 12.3. The van der Waals surface area contributed by atoms with Crippen molar-refractivity contribution in [3.63, 3.8) is 0 Å². The summed E-state index contributed by atoms with van der Waals surface area (Å²) in [5, 5.41) is 13.6. The number of fused-ring (bicyclic) bond motifs is 14. The zero-order valence-corrected chi connectivity index (χ0v) is 31.6. The smallest absolute Gasteiger partial charge is 0.159 e. The Hall–Kier alpha value is -3.92. The van der Waals surface area contributed by atoms with E-state index in [1.54, 1.807) is 27.2 Å². The maximum Gasteiger partial charge on any atom is 0.159 e. The molecule has 1 N–H and O–H groups in total. The van der Waals surface area contributed by atoms with E-state index in [9.17, 15) is 14.7 Å². The van der Waals surface area contributed by atoms with Crippen LogP contribution in [0.4, 0.5) is 0 Å². The maximum atomic E-state index is 13.8. The summed E-state index contributed by atoms with van der Waals surface area (Å²) < 4.78 is 16.7. The highest BCUT2D eigenvalue weighted by Crippen LogP contribution is 2.53. The quantitative estimate of drug-likeness (QED) is 0.265. The SMILES string of the molecule is COc1cc2c(cc1CC(C(C)=O)C1CC3c4c(c5ccccc5n4C)CC(C1CO)N3C)c1c(n2C)C2CC3C(C(C)=O)=COCC3C(C1)N2C. The number of benzene rings is 2. The Kier molecular flexibility index (Phi) is 8.03. The lowest BCUT2D eigenvalue weighted by molar-refractivity contribution is -0.126. The Morgan fingerprint density at radius 1 is 0.904 bits per heavy atom. The number of Topliss-reactive ketones (excluding diaryl/α,β-unsaturated/α-hetero) is 2. The Balaban J connectivity index is 1.10. The number of nitrogens with zero attached hydrogens (tertiary/aromatic N) is 4. The first kappa shape index (κ1) is 33.9. The van der Waals surface area contributed by atoms with Crippen molar-refractivity contribution in [3.8, 4) is 5.75 Å². The van der Waals surface area contributed by atoms with Crippen molar-refractivity contribution in [1.82, 2.24) is 18.9 Å². The number of aromatic nitrogens is 2. The number of rotatable bonds is 7. The van der Waals surface area contributed by atoms with Crippen molar-refractivity contribution >= 4 is 33.4 Å². The molecule has 9 atom stereocenters. The van der Waals surface area contributed by atoms with E-state index < -0.39 is 0 Å². The third-order valence-electron chi connectivity index (χ3n) is 14.5. The molecule has 5 aliphatic rings. The zero-order valence-electron chi connectivity index (χ0n) is 31.6. The number of carbonyl (C=O) groups is 2. The fourth-order valence-electron chi connectivity index (χ4n) is 12.0. The molecule has 7 heterocycles. The number of likely N-dealkylation sites (N-methyl/N-ethyl adjacent to an activating group) is 2. The molecule has 0 amide bonds. The van der Waals surface area contributed by atoms with E-state index >= 15 is 0 Å². The molecule has 9 nitrogen and oxygen atoms in total. The van der Waals surface area contributed by atoms with Crippen LogP contribution in [-0.2, 0) is 47.7 Å². The van der Waals surface area contributed by atoms with Gasteiger partial charge in [0, 0.05) is 89.9 Å². The number of aryl methyl sites for hydroxylation is 2. The van der Waals surface area contributed by atoms with E-state index in [0.717, 1.165) is 48.1 Å². The number of ether oxygens (including phenoxy) is 2. The standard InChI is InChI=1S/C43H52N4O5/c1-22(49)26(27-14-39-42-30(16-36(44(39)3)32(27)19-48)25-10-8-9-11-35(25)46(42)5)12-24-13-29-31-17-37-34-21-52-20-33(23(2)50)28(34)15-40(45(37)4)43(31)47(6)38(29)18-41(24)51-7/h8-11,13,18,20,26-28,32,34,36-37,39-40,48H,12,14-17,19,21H2,1-7H3. The van der Waals surface area contributed by atoms with E-state index in [-0.39, 0.29) is 71.9 Å². The third-order valence-corrected chi connectivity index (χ3v) is 14.5. The van der Waals surface area contributed by atoms with Gasteiger partial charge >= 0.3 is 0 Å². The highest BCUT2D eigenvalue weighted by atomic mass is 16.5. The van der Waals surface area contributed by atoms with Crippen molar-refractivity contribution in [1.29, 1.82) is 0 Å². The molecule has 4 aromatic rings. The molecule has 9 rings (SSSR count). The number of para-hydroxylation sites is 1. The fourth-order valence-corrected chi connectivity index (χ4v) is 12.0. The van der Waals surface area contributed by atoms with E-state index in [1.165, 1.54) is 38.8 Å². The van der Waals surface area contributed by atoms with Gasteiger partial charge in [0.05, 0.1) is 37.6 Å². The Morgan fingerprint density at radius 3 is 2.29 bits per heavy atom. The molecule has 2 fully saturated rings. The number of methoxy groups -OCH3 is 1. The Bertz CT molecular complexity index is 2160. The molecular formula is C43H52N4O5. The number of carbonyl (C=O) groups excluding carboxylic acids is 2. The molecule has 0 radical (unpaired) electrons. The minimum absolute atomic E-state index is 0.0176. The highest BCUT2D eigenvalue weighted by molar-refractivity contribution is 5.94. The summed E-state index contributed by atoms with van der Waals surface area (Å²) in [5.41, 5.74) is 9.71. The van der Waals surface area contributed by atoms with E-state index in [0.29, 0.717) is 13.0 Å². The number of ketones is 2. The average molecular weight is 705 g/mol. The molecule has 2 aromatic heterocycles. The van der Waals surface area contributed by atoms with Gasteiger partial charge in [-0.05, 0) is 101 Å². The molecule has 0 saturated carbocycles. The van der Waals surface area contributed by atoms with Crippen LogP contribution in [-0.4, -0.2) is 82.1 Å². The predicted molar refractivity (Wildman–Crippen MR) is 201 cm³/mol.